The second kappa shape index (κ2) is 6.59. The number of carbonyl (C=O) groups excluding carboxylic acids is 1. The van der Waals surface area contributed by atoms with Crippen molar-refractivity contribution in [3.8, 4) is 5.75 Å². The topological polar surface area (TPSA) is 29.5 Å². The highest BCUT2D eigenvalue weighted by molar-refractivity contribution is 6.36. The first-order valence-electron chi connectivity index (χ1n) is 6.82. The zero-order chi connectivity index (χ0) is 15.4. The molecular weight excluding hydrogens is 261 g/mol. The lowest BCUT2D eigenvalue weighted by atomic mass is 9.91. The van der Waals surface area contributed by atoms with Gasteiger partial charge >= 0.3 is 5.97 Å². The van der Waals surface area contributed by atoms with Crippen LogP contribution in [0.4, 0.5) is 0 Å². The molecular formula is C17H18BNO2. The van der Waals surface area contributed by atoms with Crippen molar-refractivity contribution in [2.45, 2.75) is 13.0 Å². The number of carbonyl (C=O) groups is 1. The van der Waals surface area contributed by atoms with E-state index in [0.717, 1.165) is 5.56 Å². The third-order valence-corrected chi connectivity index (χ3v) is 3.51. The van der Waals surface area contributed by atoms with Crippen LogP contribution in [0.5, 0.6) is 5.75 Å². The van der Waals surface area contributed by atoms with E-state index in [1.807, 2.05) is 32.3 Å². The molecule has 0 bridgehead atoms. The van der Waals surface area contributed by atoms with Gasteiger partial charge in [0.25, 0.3) is 0 Å². The molecule has 4 heteroatoms. The van der Waals surface area contributed by atoms with Gasteiger partial charge in [-0.05, 0) is 44.8 Å². The van der Waals surface area contributed by atoms with Crippen LogP contribution in [-0.2, 0) is 0 Å². The van der Waals surface area contributed by atoms with Crippen LogP contribution in [0.2, 0.25) is 0 Å². The van der Waals surface area contributed by atoms with Gasteiger partial charge in [-0.1, -0.05) is 35.8 Å². The maximum absolute atomic E-state index is 12.1. The van der Waals surface area contributed by atoms with Gasteiger partial charge in [-0.25, -0.2) is 4.79 Å². The fraction of sp³-hybridized carbons (Fsp3) is 0.235. The van der Waals surface area contributed by atoms with Crippen LogP contribution in [-0.4, -0.2) is 32.8 Å². The Morgan fingerprint density at radius 3 is 2.52 bits per heavy atom. The first kappa shape index (κ1) is 15.3. The molecule has 2 rings (SSSR count). The third kappa shape index (κ3) is 3.73. The minimum absolute atomic E-state index is 0.241. The van der Waals surface area contributed by atoms with E-state index in [9.17, 15) is 4.79 Å². The average Bonchev–Trinajstić information content (AvgIpc) is 2.47. The van der Waals surface area contributed by atoms with Crippen molar-refractivity contribution < 1.29 is 9.53 Å². The zero-order valence-electron chi connectivity index (χ0n) is 12.5. The van der Waals surface area contributed by atoms with Gasteiger partial charge in [0, 0.05) is 6.04 Å². The Kier molecular flexibility index (Phi) is 4.81. The summed E-state index contributed by atoms with van der Waals surface area (Å²) in [6.07, 6.45) is 0. The third-order valence-electron chi connectivity index (χ3n) is 3.51. The number of hydrogen-bond acceptors (Lipinski definition) is 3. The van der Waals surface area contributed by atoms with Crippen LogP contribution in [0, 0.1) is 0 Å². The number of ether oxygens (including phenoxy) is 1. The predicted octanol–water partition coefficient (Wildman–Crippen LogP) is 2.32. The molecule has 21 heavy (non-hydrogen) atoms. The van der Waals surface area contributed by atoms with Crippen molar-refractivity contribution in [3.63, 3.8) is 0 Å². The van der Waals surface area contributed by atoms with Gasteiger partial charge in [-0.3, -0.25) is 0 Å². The molecule has 0 saturated carbocycles. The lowest BCUT2D eigenvalue weighted by Crippen LogP contribution is -2.20. The highest BCUT2D eigenvalue weighted by atomic mass is 16.5. The molecule has 0 aliphatic heterocycles. The van der Waals surface area contributed by atoms with Gasteiger partial charge in [0.2, 0.25) is 0 Å². The van der Waals surface area contributed by atoms with E-state index in [4.69, 9.17) is 12.6 Å². The Hall–Kier alpha value is -2.07. The van der Waals surface area contributed by atoms with Crippen LogP contribution in [0.1, 0.15) is 28.9 Å². The second-order valence-corrected chi connectivity index (χ2v) is 5.19. The van der Waals surface area contributed by atoms with Gasteiger partial charge in [0.05, 0.1) is 5.56 Å². The number of rotatable bonds is 4. The fourth-order valence-corrected chi connectivity index (χ4v) is 1.98. The first-order chi connectivity index (χ1) is 9.99. The molecule has 0 saturated heterocycles. The van der Waals surface area contributed by atoms with Crippen molar-refractivity contribution in [1.29, 1.82) is 0 Å². The van der Waals surface area contributed by atoms with E-state index in [0.29, 0.717) is 16.8 Å². The molecule has 2 aromatic rings. The predicted molar refractivity (Wildman–Crippen MR) is 85.3 cm³/mol. The summed E-state index contributed by atoms with van der Waals surface area (Å²) in [5, 5.41) is 0. The van der Waals surface area contributed by atoms with E-state index >= 15 is 0 Å². The summed E-state index contributed by atoms with van der Waals surface area (Å²) in [5.41, 5.74) is 1.88. The molecule has 0 aromatic heterocycles. The number of hydrogen-bond donors (Lipinski definition) is 0. The van der Waals surface area contributed by atoms with Crippen molar-refractivity contribution >= 4 is 19.3 Å². The molecule has 106 valence electrons. The molecule has 1 atom stereocenters. The normalized spacial score (nSPS) is 12.2. The Balaban J connectivity index is 2.19. The lowest BCUT2D eigenvalue weighted by molar-refractivity contribution is 0.0736. The number of esters is 1. The Labute approximate surface area is 126 Å². The maximum Gasteiger partial charge on any atom is 0.342 e. The van der Waals surface area contributed by atoms with Crippen LogP contribution < -0.4 is 10.2 Å². The minimum Gasteiger partial charge on any atom is -0.423 e. The molecule has 0 heterocycles. The Bertz CT molecular complexity index is 640. The van der Waals surface area contributed by atoms with Crippen molar-refractivity contribution in [3.05, 3.63) is 59.7 Å². The zero-order valence-corrected chi connectivity index (χ0v) is 12.5. The average molecular weight is 279 g/mol. The molecule has 0 spiro atoms. The molecule has 0 aliphatic carbocycles. The highest BCUT2D eigenvalue weighted by Crippen LogP contribution is 2.22. The minimum atomic E-state index is -0.442. The monoisotopic (exact) mass is 279 g/mol. The largest absolute Gasteiger partial charge is 0.423 e. The molecule has 0 aliphatic rings. The summed E-state index contributed by atoms with van der Waals surface area (Å²) in [7, 11) is 9.80. The van der Waals surface area contributed by atoms with Crippen LogP contribution in [0.25, 0.3) is 0 Å². The molecule has 0 fully saturated rings. The molecule has 2 radical (unpaired) electrons. The van der Waals surface area contributed by atoms with E-state index in [-0.39, 0.29) is 6.04 Å². The van der Waals surface area contributed by atoms with Gasteiger partial charge in [-0.2, -0.15) is 0 Å². The molecule has 3 nitrogen and oxygen atoms in total. The Morgan fingerprint density at radius 2 is 1.86 bits per heavy atom. The Morgan fingerprint density at radius 1 is 1.14 bits per heavy atom. The van der Waals surface area contributed by atoms with E-state index in [1.165, 1.54) is 0 Å². The molecule has 0 amide bonds. The van der Waals surface area contributed by atoms with Crippen molar-refractivity contribution in [2.24, 2.45) is 0 Å². The summed E-state index contributed by atoms with van der Waals surface area (Å²) in [5.74, 6) is 0.0807. The van der Waals surface area contributed by atoms with E-state index in [2.05, 4.69) is 11.8 Å². The quantitative estimate of drug-likeness (QED) is 0.488. The highest BCUT2D eigenvalue weighted by Gasteiger charge is 2.13. The summed E-state index contributed by atoms with van der Waals surface area (Å²) in [4.78, 5) is 14.2. The molecule has 2 aromatic carbocycles. The van der Waals surface area contributed by atoms with Gasteiger partial charge in [0.15, 0.2) is 0 Å². The van der Waals surface area contributed by atoms with Gasteiger partial charge in [0.1, 0.15) is 13.6 Å². The van der Waals surface area contributed by atoms with Crippen LogP contribution in [0.3, 0.4) is 0 Å². The summed E-state index contributed by atoms with van der Waals surface area (Å²) < 4.78 is 5.41. The summed E-state index contributed by atoms with van der Waals surface area (Å²) in [6, 6.07) is 14.7. The van der Waals surface area contributed by atoms with Crippen LogP contribution in [0.15, 0.2) is 48.5 Å². The van der Waals surface area contributed by atoms with Crippen molar-refractivity contribution in [2.75, 3.05) is 14.1 Å². The van der Waals surface area contributed by atoms with Crippen molar-refractivity contribution in [1.82, 2.24) is 4.90 Å². The standard InChI is InChI=1S/C17H18BNO2/c1-12(19(2)3)13-7-6-8-14(11-13)21-17(20)15-9-4-5-10-16(15)18/h4-12H,1-3H3. The molecule has 0 N–H and O–H groups in total. The lowest BCUT2D eigenvalue weighted by Gasteiger charge is -2.20. The fourth-order valence-electron chi connectivity index (χ4n) is 1.98. The molecule has 1 unspecified atom stereocenters. The smallest absolute Gasteiger partial charge is 0.342 e. The number of benzene rings is 2. The van der Waals surface area contributed by atoms with Gasteiger partial charge < -0.3 is 9.64 Å². The maximum atomic E-state index is 12.1. The first-order valence-corrected chi connectivity index (χ1v) is 6.82. The number of nitrogens with zero attached hydrogens (tertiary/aromatic N) is 1. The summed E-state index contributed by atoms with van der Waals surface area (Å²) >= 11 is 0. The van der Waals surface area contributed by atoms with E-state index < -0.39 is 5.97 Å². The summed E-state index contributed by atoms with van der Waals surface area (Å²) in [6.45, 7) is 2.09. The van der Waals surface area contributed by atoms with E-state index in [1.54, 1.807) is 30.3 Å². The van der Waals surface area contributed by atoms with Gasteiger partial charge in [-0.15, -0.1) is 0 Å². The SMILES string of the molecule is [B]c1ccccc1C(=O)Oc1cccc(C(C)N(C)C)c1. The van der Waals surface area contributed by atoms with Crippen LogP contribution >= 0.6 is 0 Å². The second-order valence-electron chi connectivity index (χ2n) is 5.19.